The second kappa shape index (κ2) is 7.46. The van der Waals surface area contributed by atoms with Gasteiger partial charge in [-0.2, -0.15) is 0 Å². The van der Waals surface area contributed by atoms with Crippen molar-refractivity contribution in [3.05, 3.63) is 35.9 Å². The first-order chi connectivity index (χ1) is 9.74. The molecule has 0 aromatic heterocycles. The molecule has 3 nitrogen and oxygen atoms in total. The molecule has 0 spiro atoms. The van der Waals surface area contributed by atoms with E-state index in [0.29, 0.717) is 6.61 Å². The fraction of sp³-hybridized carbons (Fsp3) is 0.529. The van der Waals surface area contributed by atoms with Crippen LogP contribution in [0.25, 0.3) is 5.57 Å². The van der Waals surface area contributed by atoms with E-state index in [9.17, 15) is 5.11 Å². The van der Waals surface area contributed by atoms with E-state index in [1.165, 1.54) is 11.1 Å². The quantitative estimate of drug-likeness (QED) is 0.866. The van der Waals surface area contributed by atoms with E-state index < -0.39 is 0 Å². The number of hydrogen-bond donors (Lipinski definition) is 1. The number of β-amino-alcohol motifs (C(OH)–C–C–N with tert-alkyl or cyclic N) is 1. The van der Waals surface area contributed by atoms with Crippen LogP contribution in [0.3, 0.4) is 0 Å². The molecular formula is C17H25NO2. The highest BCUT2D eigenvalue weighted by atomic mass is 16.5. The van der Waals surface area contributed by atoms with Crippen molar-refractivity contribution in [2.75, 3.05) is 26.2 Å². The Hall–Kier alpha value is -1.32. The highest BCUT2D eigenvalue weighted by Crippen LogP contribution is 2.30. The molecule has 0 radical (unpaired) electrons. The summed E-state index contributed by atoms with van der Waals surface area (Å²) in [5.74, 6) is 0.975. The summed E-state index contributed by atoms with van der Waals surface area (Å²) in [6, 6.07) is 8.24. The molecule has 1 unspecified atom stereocenters. The zero-order chi connectivity index (χ0) is 14.4. The van der Waals surface area contributed by atoms with Crippen molar-refractivity contribution in [1.29, 1.82) is 0 Å². The number of rotatable bonds is 6. The predicted molar refractivity (Wildman–Crippen MR) is 82.9 cm³/mol. The van der Waals surface area contributed by atoms with Crippen LogP contribution < -0.4 is 4.74 Å². The Balaban J connectivity index is 2.05. The van der Waals surface area contributed by atoms with Crippen molar-refractivity contribution in [3.63, 3.8) is 0 Å². The maximum absolute atomic E-state index is 9.72. The first-order valence-electron chi connectivity index (χ1n) is 7.56. The number of aliphatic hydroxyl groups is 1. The molecule has 1 aliphatic heterocycles. The largest absolute Gasteiger partial charge is 0.493 e. The average molecular weight is 275 g/mol. The van der Waals surface area contributed by atoms with Gasteiger partial charge >= 0.3 is 0 Å². The second-order valence-corrected chi connectivity index (χ2v) is 5.23. The van der Waals surface area contributed by atoms with Gasteiger partial charge in [0, 0.05) is 25.2 Å². The molecule has 0 fully saturated rings. The van der Waals surface area contributed by atoms with Gasteiger partial charge < -0.3 is 9.84 Å². The summed E-state index contributed by atoms with van der Waals surface area (Å²) in [6.07, 6.45) is 3.89. The maximum Gasteiger partial charge on any atom is 0.126 e. The SMILES string of the molecule is CCOc1ccccc1C1=CCN(CC(O)CC)CC1. The van der Waals surface area contributed by atoms with Gasteiger partial charge in [-0.3, -0.25) is 4.90 Å². The number of ether oxygens (including phenoxy) is 1. The van der Waals surface area contributed by atoms with E-state index in [1.54, 1.807) is 0 Å². The molecule has 0 saturated heterocycles. The molecule has 1 atom stereocenters. The number of aliphatic hydroxyl groups excluding tert-OH is 1. The van der Waals surface area contributed by atoms with Crippen LogP contribution in [0.1, 0.15) is 32.3 Å². The Labute approximate surface area is 121 Å². The summed E-state index contributed by atoms with van der Waals surface area (Å²) in [5.41, 5.74) is 2.57. The lowest BCUT2D eigenvalue weighted by atomic mass is 9.98. The first kappa shape index (κ1) is 15.1. The minimum atomic E-state index is -0.208. The van der Waals surface area contributed by atoms with Gasteiger partial charge in [0.2, 0.25) is 0 Å². The van der Waals surface area contributed by atoms with Crippen molar-refractivity contribution < 1.29 is 9.84 Å². The molecule has 1 aromatic carbocycles. The van der Waals surface area contributed by atoms with Gasteiger partial charge in [0.15, 0.2) is 0 Å². The second-order valence-electron chi connectivity index (χ2n) is 5.23. The van der Waals surface area contributed by atoms with Gasteiger partial charge in [0.25, 0.3) is 0 Å². The lowest BCUT2D eigenvalue weighted by Crippen LogP contribution is -2.35. The summed E-state index contributed by atoms with van der Waals surface area (Å²) in [6.45, 7) is 7.41. The third kappa shape index (κ3) is 3.84. The maximum atomic E-state index is 9.72. The average Bonchev–Trinajstić information content (AvgIpc) is 2.49. The van der Waals surface area contributed by atoms with Gasteiger partial charge in [-0.25, -0.2) is 0 Å². The lowest BCUT2D eigenvalue weighted by Gasteiger charge is -2.28. The zero-order valence-electron chi connectivity index (χ0n) is 12.5. The molecule has 1 aliphatic rings. The smallest absolute Gasteiger partial charge is 0.126 e. The van der Waals surface area contributed by atoms with Gasteiger partial charge in [-0.15, -0.1) is 0 Å². The standard InChI is InChI=1S/C17H25NO2/c1-3-15(19)13-18-11-9-14(10-12-18)16-7-5-6-8-17(16)20-4-2/h5-9,15,19H,3-4,10-13H2,1-2H3. The highest BCUT2D eigenvalue weighted by Gasteiger charge is 2.17. The fourth-order valence-corrected chi connectivity index (χ4v) is 2.56. The van der Waals surface area contributed by atoms with Gasteiger partial charge in [0.1, 0.15) is 5.75 Å². The van der Waals surface area contributed by atoms with Crippen LogP contribution in [-0.2, 0) is 0 Å². The number of para-hydroxylation sites is 1. The Bertz CT molecular complexity index is 456. The predicted octanol–water partition coefficient (Wildman–Crippen LogP) is 2.95. The van der Waals surface area contributed by atoms with Crippen molar-refractivity contribution >= 4 is 5.57 Å². The Morgan fingerprint density at radius 1 is 1.30 bits per heavy atom. The van der Waals surface area contributed by atoms with Crippen molar-refractivity contribution in [2.24, 2.45) is 0 Å². The molecular weight excluding hydrogens is 250 g/mol. The molecule has 0 amide bonds. The zero-order valence-corrected chi connectivity index (χ0v) is 12.5. The van der Waals surface area contributed by atoms with Gasteiger partial charge in [0.05, 0.1) is 12.7 Å². The van der Waals surface area contributed by atoms with E-state index in [0.717, 1.165) is 38.2 Å². The third-order valence-electron chi connectivity index (χ3n) is 3.77. The number of hydrogen-bond acceptors (Lipinski definition) is 3. The normalized spacial score (nSPS) is 17.6. The minimum absolute atomic E-state index is 0.208. The molecule has 110 valence electrons. The van der Waals surface area contributed by atoms with E-state index in [-0.39, 0.29) is 6.10 Å². The third-order valence-corrected chi connectivity index (χ3v) is 3.77. The van der Waals surface area contributed by atoms with Crippen LogP contribution in [-0.4, -0.2) is 42.4 Å². The molecule has 3 heteroatoms. The lowest BCUT2D eigenvalue weighted by molar-refractivity contribution is 0.115. The molecule has 0 bridgehead atoms. The van der Waals surface area contributed by atoms with Gasteiger partial charge in [-0.1, -0.05) is 31.2 Å². The summed E-state index contributed by atoms with van der Waals surface area (Å²) < 4.78 is 5.70. The minimum Gasteiger partial charge on any atom is -0.493 e. The Kier molecular flexibility index (Phi) is 5.62. The molecule has 1 heterocycles. The van der Waals surface area contributed by atoms with Crippen molar-refractivity contribution in [1.82, 2.24) is 4.90 Å². The number of nitrogens with zero attached hydrogens (tertiary/aromatic N) is 1. The molecule has 0 saturated carbocycles. The Morgan fingerprint density at radius 2 is 2.10 bits per heavy atom. The van der Waals surface area contributed by atoms with E-state index in [1.807, 2.05) is 26.0 Å². The van der Waals surface area contributed by atoms with Crippen LogP contribution in [0.5, 0.6) is 5.75 Å². The van der Waals surface area contributed by atoms with Crippen LogP contribution >= 0.6 is 0 Å². The summed E-state index contributed by atoms with van der Waals surface area (Å²) in [7, 11) is 0. The van der Waals surface area contributed by atoms with Crippen molar-refractivity contribution in [3.8, 4) is 5.75 Å². The van der Waals surface area contributed by atoms with Crippen LogP contribution in [0.15, 0.2) is 30.3 Å². The van der Waals surface area contributed by atoms with Gasteiger partial charge in [-0.05, 0) is 31.4 Å². The highest BCUT2D eigenvalue weighted by molar-refractivity contribution is 5.71. The van der Waals surface area contributed by atoms with E-state index >= 15 is 0 Å². The monoisotopic (exact) mass is 275 g/mol. The molecule has 2 rings (SSSR count). The van der Waals surface area contributed by atoms with Crippen LogP contribution in [0.4, 0.5) is 0 Å². The fourth-order valence-electron chi connectivity index (χ4n) is 2.56. The molecule has 0 aliphatic carbocycles. The Morgan fingerprint density at radius 3 is 2.75 bits per heavy atom. The topological polar surface area (TPSA) is 32.7 Å². The summed E-state index contributed by atoms with van der Waals surface area (Å²) in [4.78, 5) is 2.31. The first-order valence-corrected chi connectivity index (χ1v) is 7.56. The van der Waals surface area contributed by atoms with Crippen LogP contribution in [0, 0.1) is 0 Å². The molecule has 1 aromatic rings. The summed E-state index contributed by atoms with van der Waals surface area (Å²) in [5, 5.41) is 9.72. The van der Waals surface area contributed by atoms with Crippen LogP contribution in [0.2, 0.25) is 0 Å². The van der Waals surface area contributed by atoms with E-state index in [4.69, 9.17) is 4.74 Å². The molecule has 20 heavy (non-hydrogen) atoms. The van der Waals surface area contributed by atoms with E-state index in [2.05, 4.69) is 23.1 Å². The molecule has 1 N–H and O–H groups in total. The number of benzene rings is 1. The summed E-state index contributed by atoms with van der Waals surface area (Å²) >= 11 is 0. The van der Waals surface area contributed by atoms with Crippen molar-refractivity contribution in [2.45, 2.75) is 32.8 Å².